The minimum atomic E-state index is 0.251. The Morgan fingerprint density at radius 3 is 2.48 bits per heavy atom. The molecule has 2 aromatic carbocycles. The zero-order valence-electron chi connectivity index (χ0n) is 11.9. The number of benzene rings is 2. The number of aromatic nitrogens is 2. The van der Waals surface area contributed by atoms with Crippen LogP contribution in [0, 0.1) is 0 Å². The quantitative estimate of drug-likeness (QED) is 0.605. The van der Waals surface area contributed by atoms with Gasteiger partial charge >= 0.3 is 0 Å². The summed E-state index contributed by atoms with van der Waals surface area (Å²) in [5.74, 6) is 2.34. The van der Waals surface area contributed by atoms with E-state index in [1.54, 1.807) is 6.07 Å². The second-order valence-electron chi connectivity index (χ2n) is 5.15. The van der Waals surface area contributed by atoms with Crippen LogP contribution >= 0.6 is 15.9 Å². The Labute approximate surface area is 132 Å². The average Bonchev–Trinajstić information content (AvgIpc) is 2.46. The van der Waals surface area contributed by atoms with Crippen molar-refractivity contribution in [2.24, 2.45) is 0 Å². The number of hydrogen-bond donors (Lipinski definition) is 0. The van der Waals surface area contributed by atoms with Gasteiger partial charge in [0.25, 0.3) is 0 Å². The summed E-state index contributed by atoms with van der Waals surface area (Å²) in [6, 6.07) is 16.0. The minimum absolute atomic E-state index is 0.251. The van der Waals surface area contributed by atoms with Crippen LogP contribution in [0.15, 0.2) is 53.1 Å². The summed E-state index contributed by atoms with van der Waals surface area (Å²) in [5, 5.41) is 2.34. The van der Waals surface area contributed by atoms with E-state index in [4.69, 9.17) is 4.74 Å². The summed E-state index contributed by atoms with van der Waals surface area (Å²) in [7, 11) is 0. The molecule has 0 spiro atoms. The Kier molecular flexibility index (Phi) is 3.88. The summed E-state index contributed by atoms with van der Waals surface area (Å²) >= 11 is 3.40. The lowest BCUT2D eigenvalue weighted by atomic mass is 10.1. The Morgan fingerprint density at radius 2 is 1.71 bits per heavy atom. The molecule has 1 heterocycles. The SMILES string of the molecule is CC(C)c1nc(Br)cc(Oc2ccc3ccccc3c2)n1. The van der Waals surface area contributed by atoms with E-state index in [0.29, 0.717) is 5.88 Å². The molecule has 4 heteroatoms. The molecular weight excluding hydrogens is 328 g/mol. The van der Waals surface area contributed by atoms with Crippen LogP contribution in [0.5, 0.6) is 11.6 Å². The smallest absolute Gasteiger partial charge is 0.223 e. The first-order valence-corrected chi connectivity index (χ1v) is 7.62. The van der Waals surface area contributed by atoms with Crippen LogP contribution in [0.2, 0.25) is 0 Å². The molecule has 0 unspecified atom stereocenters. The minimum Gasteiger partial charge on any atom is -0.439 e. The molecule has 3 aromatic rings. The van der Waals surface area contributed by atoms with Crippen LogP contribution in [0.1, 0.15) is 25.6 Å². The van der Waals surface area contributed by atoms with Crippen LogP contribution < -0.4 is 4.74 Å². The van der Waals surface area contributed by atoms with Gasteiger partial charge in [-0.3, -0.25) is 0 Å². The van der Waals surface area contributed by atoms with Gasteiger partial charge in [0, 0.05) is 12.0 Å². The molecule has 3 rings (SSSR count). The van der Waals surface area contributed by atoms with Gasteiger partial charge in [-0.1, -0.05) is 44.2 Å². The monoisotopic (exact) mass is 342 g/mol. The molecule has 0 aliphatic heterocycles. The second kappa shape index (κ2) is 5.82. The standard InChI is InChI=1S/C17H15BrN2O/c1-11(2)17-19-15(18)10-16(20-17)21-14-8-7-12-5-3-4-6-13(12)9-14/h3-11H,1-2H3. The number of halogens is 1. The van der Waals surface area contributed by atoms with Gasteiger partial charge in [0.1, 0.15) is 16.2 Å². The zero-order chi connectivity index (χ0) is 14.8. The number of hydrogen-bond acceptors (Lipinski definition) is 3. The van der Waals surface area contributed by atoms with E-state index >= 15 is 0 Å². The van der Waals surface area contributed by atoms with Crippen LogP contribution in [-0.2, 0) is 0 Å². The third-order valence-corrected chi connectivity index (χ3v) is 3.55. The van der Waals surface area contributed by atoms with E-state index in [1.807, 2.05) is 30.3 Å². The van der Waals surface area contributed by atoms with E-state index < -0.39 is 0 Å². The van der Waals surface area contributed by atoms with Crippen LogP contribution in [0.25, 0.3) is 10.8 Å². The maximum Gasteiger partial charge on any atom is 0.223 e. The molecule has 1 aromatic heterocycles. The molecule has 0 fully saturated rings. The fourth-order valence-corrected chi connectivity index (χ4v) is 2.45. The summed E-state index contributed by atoms with van der Waals surface area (Å²) in [6.45, 7) is 4.11. The van der Waals surface area contributed by atoms with Gasteiger partial charge < -0.3 is 4.74 Å². The van der Waals surface area contributed by atoms with Crippen LogP contribution in [-0.4, -0.2) is 9.97 Å². The van der Waals surface area contributed by atoms with Crippen molar-refractivity contribution >= 4 is 26.7 Å². The highest BCUT2D eigenvalue weighted by molar-refractivity contribution is 9.10. The molecule has 106 valence electrons. The van der Waals surface area contributed by atoms with Crippen molar-refractivity contribution < 1.29 is 4.74 Å². The first-order chi connectivity index (χ1) is 10.1. The van der Waals surface area contributed by atoms with Gasteiger partial charge in [0.05, 0.1) is 0 Å². The van der Waals surface area contributed by atoms with Crippen molar-refractivity contribution in [2.75, 3.05) is 0 Å². The molecule has 3 nitrogen and oxygen atoms in total. The Morgan fingerprint density at radius 1 is 0.952 bits per heavy atom. The molecular formula is C17H15BrN2O. The number of rotatable bonds is 3. The number of nitrogens with zero attached hydrogens (tertiary/aromatic N) is 2. The van der Waals surface area contributed by atoms with Crippen molar-refractivity contribution in [3.63, 3.8) is 0 Å². The predicted molar refractivity (Wildman–Crippen MR) is 87.8 cm³/mol. The molecule has 0 N–H and O–H groups in total. The summed E-state index contributed by atoms with van der Waals surface area (Å²) in [4.78, 5) is 8.80. The highest BCUT2D eigenvalue weighted by Gasteiger charge is 2.08. The molecule has 0 aliphatic carbocycles. The maximum absolute atomic E-state index is 5.88. The Hall–Kier alpha value is -1.94. The highest BCUT2D eigenvalue weighted by atomic mass is 79.9. The molecule has 0 saturated carbocycles. The van der Waals surface area contributed by atoms with Crippen LogP contribution in [0.4, 0.5) is 0 Å². The molecule has 0 bridgehead atoms. The number of fused-ring (bicyclic) bond motifs is 1. The van der Waals surface area contributed by atoms with Crippen LogP contribution in [0.3, 0.4) is 0 Å². The average molecular weight is 343 g/mol. The van der Waals surface area contributed by atoms with E-state index in [1.165, 1.54) is 5.39 Å². The van der Waals surface area contributed by atoms with Gasteiger partial charge in [-0.2, -0.15) is 4.98 Å². The first kappa shape index (κ1) is 14.0. The van der Waals surface area contributed by atoms with Crippen molar-refractivity contribution in [3.05, 3.63) is 59.0 Å². The topological polar surface area (TPSA) is 35.0 Å². The van der Waals surface area contributed by atoms with Gasteiger partial charge in [-0.05, 0) is 38.8 Å². The van der Waals surface area contributed by atoms with Crippen molar-refractivity contribution in [1.82, 2.24) is 9.97 Å². The largest absolute Gasteiger partial charge is 0.439 e. The fraction of sp³-hybridized carbons (Fsp3) is 0.176. The first-order valence-electron chi connectivity index (χ1n) is 6.83. The van der Waals surface area contributed by atoms with Crippen molar-refractivity contribution in [1.29, 1.82) is 0 Å². The fourth-order valence-electron chi connectivity index (χ4n) is 2.08. The zero-order valence-corrected chi connectivity index (χ0v) is 13.5. The van der Waals surface area contributed by atoms with Crippen molar-refractivity contribution in [2.45, 2.75) is 19.8 Å². The van der Waals surface area contributed by atoms with Gasteiger partial charge in [0.15, 0.2) is 0 Å². The maximum atomic E-state index is 5.88. The molecule has 0 atom stereocenters. The predicted octanol–water partition coefficient (Wildman–Crippen LogP) is 5.31. The summed E-state index contributed by atoms with van der Waals surface area (Å²) in [6.07, 6.45) is 0. The lowest BCUT2D eigenvalue weighted by molar-refractivity contribution is 0.456. The second-order valence-corrected chi connectivity index (χ2v) is 5.97. The van der Waals surface area contributed by atoms with E-state index in [0.717, 1.165) is 21.6 Å². The Bertz CT molecular complexity index is 787. The van der Waals surface area contributed by atoms with Gasteiger partial charge in [-0.15, -0.1) is 0 Å². The van der Waals surface area contributed by atoms with Gasteiger partial charge in [-0.25, -0.2) is 4.98 Å². The lowest BCUT2D eigenvalue weighted by Crippen LogP contribution is -1.99. The molecule has 21 heavy (non-hydrogen) atoms. The van der Waals surface area contributed by atoms with E-state index in [9.17, 15) is 0 Å². The third kappa shape index (κ3) is 3.22. The summed E-state index contributed by atoms with van der Waals surface area (Å²) in [5.41, 5.74) is 0. The van der Waals surface area contributed by atoms with E-state index in [-0.39, 0.29) is 5.92 Å². The summed E-state index contributed by atoms with van der Waals surface area (Å²) < 4.78 is 6.61. The Balaban J connectivity index is 1.94. The normalized spacial score (nSPS) is 11.0. The van der Waals surface area contributed by atoms with Crippen molar-refractivity contribution in [3.8, 4) is 11.6 Å². The van der Waals surface area contributed by atoms with E-state index in [2.05, 4.69) is 51.9 Å². The molecule has 0 radical (unpaired) electrons. The molecule has 0 amide bonds. The third-order valence-electron chi connectivity index (χ3n) is 3.15. The number of ether oxygens (including phenoxy) is 1. The van der Waals surface area contributed by atoms with Gasteiger partial charge in [0.2, 0.25) is 5.88 Å². The molecule has 0 saturated heterocycles. The highest BCUT2D eigenvalue weighted by Crippen LogP contribution is 2.26. The lowest BCUT2D eigenvalue weighted by Gasteiger charge is -2.09. The molecule has 0 aliphatic rings.